The van der Waals surface area contributed by atoms with Crippen LogP contribution in [0.25, 0.3) is 10.7 Å². The molecular weight excluding hydrogens is 220 g/mol. The fourth-order valence-corrected chi connectivity index (χ4v) is 2.12. The number of aromatic amines is 1. The summed E-state index contributed by atoms with van der Waals surface area (Å²) in [6.45, 7) is 4.25. The molecule has 5 heteroatoms. The second-order valence-corrected chi connectivity index (χ2v) is 4.88. The molecule has 0 spiro atoms. The average Bonchev–Trinajstić information content (AvgIpc) is 2.96. The summed E-state index contributed by atoms with van der Waals surface area (Å²) in [6, 6.07) is 3.93. The summed E-state index contributed by atoms with van der Waals surface area (Å²) >= 11 is 1.63. The van der Waals surface area contributed by atoms with Gasteiger partial charge in [-0.3, -0.25) is 5.10 Å². The van der Waals surface area contributed by atoms with Crippen LogP contribution in [0.15, 0.2) is 17.5 Å². The molecule has 16 heavy (non-hydrogen) atoms. The summed E-state index contributed by atoms with van der Waals surface area (Å²) in [5, 5.41) is 9.13. The van der Waals surface area contributed by atoms with Crippen molar-refractivity contribution < 1.29 is 0 Å². The van der Waals surface area contributed by atoms with Crippen LogP contribution in [-0.4, -0.2) is 15.2 Å². The van der Waals surface area contributed by atoms with Gasteiger partial charge in [-0.1, -0.05) is 26.3 Å². The van der Waals surface area contributed by atoms with E-state index in [-0.39, 0.29) is 6.04 Å². The van der Waals surface area contributed by atoms with Crippen molar-refractivity contribution in [1.29, 1.82) is 0 Å². The summed E-state index contributed by atoms with van der Waals surface area (Å²) < 4.78 is 0. The molecular formula is C11H16N4S. The van der Waals surface area contributed by atoms with Gasteiger partial charge in [-0.15, -0.1) is 11.3 Å². The summed E-state index contributed by atoms with van der Waals surface area (Å²) in [6.07, 6.45) is 1.04. The van der Waals surface area contributed by atoms with Gasteiger partial charge >= 0.3 is 0 Å². The number of rotatable bonds is 4. The number of thiophene rings is 1. The predicted octanol–water partition coefficient (Wildman–Crippen LogP) is 2.58. The number of nitrogens with zero attached hydrogens (tertiary/aromatic N) is 2. The fraction of sp³-hybridized carbons (Fsp3) is 0.455. The maximum Gasteiger partial charge on any atom is 0.191 e. The number of nitrogens with one attached hydrogen (secondary N) is 1. The Morgan fingerprint density at radius 1 is 1.56 bits per heavy atom. The summed E-state index contributed by atoms with van der Waals surface area (Å²) in [7, 11) is 0. The van der Waals surface area contributed by atoms with Gasteiger partial charge in [0, 0.05) is 0 Å². The standard InChI is InChI=1S/C11H16N4S/c1-3-7(2)9(12)11-13-10(14-15-11)8-5-4-6-16-8/h4-7,9H,3,12H2,1-2H3,(H,13,14,15). The molecule has 0 aliphatic carbocycles. The fourth-order valence-electron chi connectivity index (χ4n) is 1.46. The van der Waals surface area contributed by atoms with Crippen molar-refractivity contribution in [3.05, 3.63) is 23.3 Å². The highest BCUT2D eigenvalue weighted by Crippen LogP contribution is 2.24. The molecule has 2 aromatic heterocycles. The topological polar surface area (TPSA) is 67.6 Å². The number of nitrogens with two attached hydrogens (primary N) is 1. The molecule has 86 valence electrons. The Morgan fingerprint density at radius 2 is 2.38 bits per heavy atom. The molecule has 4 nitrogen and oxygen atoms in total. The largest absolute Gasteiger partial charge is 0.321 e. The van der Waals surface area contributed by atoms with Gasteiger partial charge < -0.3 is 5.73 Å². The van der Waals surface area contributed by atoms with Crippen molar-refractivity contribution in [2.45, 2.75) is 26.3 Å². The zero-order valence-corrected chi connectivity index (χ0v) is 10.3. The van der Waals surface area contributed by atoms with Crippen LogP contribution in [0.5, 0.6) is 0 Å². The molecule has 3 N–H and O–H groups in total. The Hall–Kier alpha value is -1.20. The van der Waals surface area contributed by atoms with Crippen LogP contribution in [0, 0.1) is 5.92 Å². The molecule has 0 radical (unpaired) electrons. The Labute approximate surface area is 98.9 Å². The van der Waals surface area contributed by atoms with Gasteiger partial charge in [-0.05, 0) is 17.4 Å². The highest BCUT2D eigenvalue weighted by Gasteiger charge is 2.17. The smallest absolute Gasteiger partial charge is 0.191 e. The molecule has 2 unspecified atom stereocenters. The van der Waals surface area contributed by atoms with E-state index in [1.165, 1.54) is 0 Å². The zero-order valence-electron chi connectivity index (χ0n) is 9.47. The van der Waals surface area contributed by atoms with E-state index in [4.69, 9.17) is 5.73 Å². The second-order valence-electron chi connectivity index (χ2n) is 3.93. The van der Waals surface area contributed by atoms with E-state index in [0.29, 0.717) is 5.92 Å². The van der Waals surface area contributed by atoms with E-state index < -0.39 is 0 Å². The zero-order chi connectivity index (χ0) is 11.5. The molecule has 0 aromatic carbocycles. The first-order chi connectivity index (χ1) is 7.72. The van der Waals surface area contributed by atoms with Crippen LogP contribution >= 0.6 is 11.3 Å². The minimum Gasteiger partial charge on any atom is -0.321 e. The first-order valence-corrected chi connectivity index (χ1v) is 6.32. The van der Waals surface area contributed by atoms with Crippen LogP contribution in [0.3, 0.4) is 0 Å². The van der Waals surface area contributed by atoms with E-state index in [2.05, 4.69) is 29.0 Å². The van der Waals surface area contributed by atoms with E-state index in [9.17, 15) is 0 Å². The van der Waals surface area contributed by atoms with Crippen LogP contribution in [-0.2, 0) is 0 Å². The van der Waals surface area contributed by atoms with Crippen molar-refractivity contribution >= 4 is 11.3 Å². The molecule has 0 amide bonds. The molecule has 0 aliphatic rings. The molecule has 0 bridgehead atoms. The van der Waals surface area contributed by atoms with E-state index >= 15 is 0 Å². The SMILES string of the molecule is CCC(C)C(N)c1nc(-c2cccs2)n[nH]1. The van der Waals surface area contributed by atoms with Crippen molar-refractivity contribution in [3.8, 4) is 10.7 Å². The Bertz CT molecular complexity index is 435. The summed E-state index contributed by atoms with van der Waals surface area (Å²) in [4.78, 5) is 5.51. The Kier molecular flexibility index (Phi) is 3.36. The lowest BCUT2D eigenvalue weighted by molar-refractivity contribution is 0.440. The van der Waals surface area contributed by atoms with E-state index in [1.807, 2.05) is 17.5 Å². The van der Waals surface area contributed by atoms with Crippen molar-refractivity contribution in [3.63, 3.8) is 0 Å². The van der Waals surface area contributed by atoms with Crippen LogP contribution in [0.4, 0.5) is 0 Å². The van der Waals surface area contributed by atoms with E-state index in [0.717, 1.165) is 22.9 Å². The van der Waals surface area contributed by atoms with Gasteiger partial charge in [0.05, 0.1) is 10.9 Å². The minimum atomic E-state index is -0.0637. The van der Waals surface area contributed by atoms with Crippen molar-refractivity contribution in [1.82, 2.24) is 15.2 Å². The lowest BCUT2D eigenvalue weighted by Crippen LogP contribution is -2.19. The third-order valence-electron chi connectivity index (χ3n) is 2.82. The third kappa shape index (κ3) is 2.15. The number of hydrogen-bond donors (Lipinski definition) is 2. The lowest BCUT2D eigenvalue weighted by atomic mass is 10.00. The average molecular weight is 236 g/mol. The highest BCUT2D eigenvalue weighted by molar-refractivity contribution is 7.13. The molecule has 0 saturated heterocycles. The minimum absolute atomic E-state index is 0.0637. The van der Waals surface area contributed by atoms with Crippen LogP contribution in [0.1, 0.15) is 32.1 Å². The molecule has 2 atom stereocenters. The van der Waals surface area contributed by atoms with Crippen molar-refractivity contribution in [2.24, 2.45) is 11.7 Å². The van der Waals surface area contributed by atoms with E-state index in [1.54, 1.807) is 11.3 Å². The number of H-pyrrole nitrogens is 1. The monoisotopic (exact) mass is 236 g/mol. The maximum atomic E-state index is 6.09. The number of hydrogen-bond acceptors (Lipinski definition) is 4. The first-order valence-electron chi connectivity index (χ1n) is 5.44. The molecule has 2 rings (SSSR count). The van der Waals surface area contributed by atoms with Gasteiger partial charge in [0.1, 0.15) is 5.82 Å². The van der Waals surface area contributed by atoms with Gasteiger partial charge in [0.2, 0.25) is 0 Å². The molecule has 2 heterocycles. The normalized spacial score (nSPS) is 14.9. The molecule has 2 aromatic rings. The third-order valence-corrected chi connectivity index (χ3v) is 3.68. The van der Waals surface area contributed by atoms with Crippen LogP contribution < -0.4 is 5.73 Å². The highest BCUT2D eigenvalue weighted by atomic mass is 32.1. The Balaban J connectivity index is 2.20. The van der Waals surface area contributed by atoms with Gasteiger partial charge in [-0.25, -0.2) is 4.98 Å². The summed E-state index contributed by atoms with van der Waals surface area (Å²) in [5.74, 6) is 1.92. The van der Waals surface area contributed by atoms with Gasteiger partial charge in [-0.2, -0.15) is 5.10 Å². The molecule has 0 saturated carbocycles. The van der Waals surface area contributed by atoms with Gasteiger partial charge in [0.15, 0.2) is 5.82 Å². The predicted molar refractivity (Wildman–Crippen MR) is 66.1 cm³/mol. The van der Waals surface area contributed by atoms with Crippen molar-refractivity contribution in [2.75, 3.05) is 0 Å². The quantitative estimate of drug-likeness (QED) is 0.857. The second kappa shape index (κ2) is 4.76. The Morgan fingerprint density at radius 3 is 3.00 bits per heavy atom. The molecule has 0 fully saturated rings. The molecule has 0 aliphatic heterocycles. The number of aromatic nitrogens is 3. The lowest BCUT2D eigenvalue weighted by Gasteiger charge is -2.14. The first kappa shape index (κ1) is 11.3. The van der Waals surface area contributed by atoms with Gasteiger partial charge in [0.25, 0.3) is 0 Å². The van der Waals surface area contributed by atoms with Crippen LogP contribution in [0.2, 0.25) is 0 Å². The maximum absolute atomic E-state index is 6.09. The summed E-state index contributed by atoms with van der Waals surface area (Å²) in [5.41, 5.74) is 6.09.